The third-order valence-electron chi connectivity index (χ3n) is 3.03. The predicted octanol–water partition coefficient (Wildman–Crippen LogP) is 1.22. The first kappa shape index (κ1) is 12.7. The summed E-state index contributed by atoms with van der Waals surface area (Å²) >= 11 is 0. The quantitative estimate of drug-likeness (QED) is 0.797. The number of anilines is 1. The second-order valence-electron chi connectivity index (χ2n) is 5.37. The second-order valence-corrected chi connectivity index (χ2v) is 5.37. The molecular formula is C13H17N3O2. The van der Waals surface area contributed by atoms with Crippen LogP contribution in [0.3, 0.4) is 0 Å². The summed E-state index contributed by atoms with van der Waals surface area (Å²) in [6.45, 7) is 4.23. The van der Waals surface area contributed by atoms with E-state index in [2.05, 4.69) is 4.98 Å². The van der Waals surface area contributed by atoms with Crippen LogP contribution >= 0.6 is 0 Å². The van der Waals surface area contributed by atoms with Gasteiger partial charge in [-0.15, -0.1) is 0 Å². The van der Waals surface area contributed by atoms with Gasteiger partial charge < -0.3 is 5.73 Å². The van der Waals surface area contributed by atoms with Gasteiger partial charge in [-0.2, -0.15) is 0 Å². The first-order valence-electron chi connectivity index (χ1n) is 5.94. The average molecular weight is 247 g/mol. The van der Waals surface area contributed by atoms with Crippen LogP contribution in [0.2, 0.25) is 0 Å². The Kier molecular flexibility index (Phi) is 3.17. The Bertz CT molecular complexity index is 460. The van der Waals surface area contributed by atoms with E-state index in [1.165, 1.54) is 4.90 Å². The van der Waals surface area contributed by atoms with Crippen molar-refractivity contribution in [3.63, 3.8) is 0 Å². The van der Waals surface area contributed by atoms with Gasteiger partial charge in [0.15, 0.2) is 0 Å². The van der Waals surface area contributed by atoms with E-state index in [1.54, 1.807) is 18.3 Å². The number of aromatic nitrogens is 1. The predicted molar refractivity (Wildman–Crippen MR) is 67.6 cm³/mol. The van der Waals surface area contributed by atoms with Crippen molar-refractivity contribution in [1.29, 1.82) is 0 Å². The highest BCUT2D eigenvalue weighted by Crippen LogP contribution is 2.33. The smallest absolute Gasteiger partial charge is 0.235 e. The lowest BCUT2D eigenvalue weighted by Crippen LogP contribution is -2.46. The van der Waals surface area contributed by atoms with Crippen molar-refractivity contribution < 1.29 is 9.59 Å². The molecule has 1 aromatic heterocycles. The van der Waals surface area contributed by atoms with Crippen molar-refractivity contribution in [3.05, 3.63) is 23.9 Å². The zero-order valence-corrected chi connectivity index (χ0v) is 10.6. The SMILES string of the molecule is CC1(C)CC(=O)N(c2ccc(CN)cn2)C(=O)C1. The standard InChI is InChI=1S/C13H17N3O2/c1-13(2)5-11(17)16(12(18)6-13)10-4-3-9(7-14)8-15-10/h3-4,8H,5-7,14H2,1-2H3. The summed E-state index contributed by atoms with van der Waals surface area (Å²) < 4.78 is 0. The van der Waals surface area contributed by atoms with E-state index >= 15 is 0 Å². The summed E-state index contributed by atoms with van der Waals surface area (Å²) in [5.74, 6) is 0.00574. The fraction of sp³-hybridized carbons (Fsp3) is 0.462. The normalized spacial score (nSPS) is 19.2. The number of piperidine rings is 1. The van der Waals surface area contributed by atoms with Crippen LogP contribution in [0.4, 0.5) is 5.82 Å². The molecule has 2 amide bonds. The summed E-state index contributed by atoms with van der Waals surface area (Å²) in [4.78, 5) is 29.3. The summed E-state index contributed by atoms with van der Waals surface area (Å²) in [5.41, 5.74) is 6.09. The maximum Gasteiger partial charge on any atom is 0.235 e. The fourth-order valence-corrected chi connectivity index (χ4v) is 2.10. The molecule has 2 rings (SSSR count). The fourth-order valence-electron chi connectivity index (χ4n) is 2.10. The first-order valence-corrected chi connectivity index (χ1v) is 5.94. The van der Waals surface area contributed by atoms with Crippen LogP contribution in [0.15, 0.2) is 18.3 Å². The van der Waals surface area contributed by atoms with Gasteiger partial charge in [-0.05, 0) is 17.0 Å². The van der Waals surface area contributed by atoms with Gasteiger partial charge in [0, 0.05) is 25.6 Å². The third-order valence-corrected chi connectivity index (χ3v) is 3.03. The second kappa shape index (κ2) is 4.49. The minimum atomic E-state index is -0.262. The Morgan fingerprint density at radius 1 is 1.28 bits per heavy atom. The maximum atomic E-state index is 12.0. The molecule has 0 atom stereocenters. The lowest BCUT2D eigenvalue weighted by Gasteiger charge is -2.34. The molecule has 0 aromatic carbocycles. The first-order chi connectivity index (χ1) is 8.43. The Labute approximate surface area is 106 Å². The maximum absolute atomic E-state index is 12.0. The highest BCUT2D eigenvalue weighted by molar-refractivity contribution is 6.16. The molecule has 1 aliphatic rings. The van der Waals surface area contributed by atoms with Crippen LogP contribution in [-0.2, 0) is 16.1 Å². The number of rotatable bonds is 2. The van der Waals surface area contributed by atoms with Crippen molar-refractivity contribution in [2.75, 3.05) is 4.90 Å². The average Bonchev–Trinajstić information content (AvgIpc) is 2.27. The van der Waals surface area contributed by atoms with Gasteiger partial charge >= 0.3 is 0 Å². The van der Waals surface area contributed by atoms with Gasteiger partial charge in [0.25, 0.3) is 0 Å². The Morgan fingerprint density at radius 2 is 1.89 bits per heavy atom. The number of nitrogens with two attached hydrogens (primary N) is 1. The molecule has 1 aliphatic heterocycles. The molecule has 1 saturated heterocycles. The summed E-state index contributed by atoms with van der Waals surface area (Å²) in [6.07, 6.45) is 2.31. The molecule has 1 fully saturated rings. The molecular weight excluding hydrogens is 230 g/mol. The zero-order chi connectivity index (χ0) is 13.3. The Balaban J connectivity index is 2.27. The van der Waals surface area contributed by atoms with E-state index in [9.17, 15) is 9.59 Å². The number of carbonyl (C=O) groups excluding carboxylic acids is 2. The minimum absolute atomic E-state index is 0.191. The van der Waals surface area contributed by atoms with E-state index in [4.69, 9.17) is 5.73 Å². The molecule has 0 unspecified atom stereocenters. The van der Waals surface area contributed by atoms with Gasteiger partial charge in [0.05, 0.1) is 0 Å². The van der Waals surface area contributed by atoms with E-state index in [0.29, 0.717) is 25.2 Å². The van der Waals surface area contributed by atoms with Crippen molar-refractivity contribution in [2.24, 2.45) is 11.1 Å². The van der Waals surface area contributed by atoms with Gasteiger partial charge in [0.2, 0.25) is 11.8 Å². The molecule has 0 bridgehead atoms. The van der Waals surface area contributed by atoms with Crippen molar-refractivity contribution in [2.45, 2.75) is 33.2 Å². The molecule has 5 nitrogen and oxygen atoms in total. The number of hydrogen-bond donors (Lipinski definition) is 1. The lowest BCUT2D eigenvalue weighted by molar-refractivity contribution is -0.132. The highest BCUT2D eigenvalue weighted by atomic mass is 16.2. The molecule has 2 heterocycles. The molecule has 0 saturated carbocycles. The van der Waals surface area contributed by atoms with E-state index in [-0.39, 0.29) is 17.2 Å². The van der Waals surface area contributed by atoms with Crippen molar-refractivity contribution >= 4 is 17.6 Å². The monoisotopic (exact) mass is 247 g/mol. The molecule has 5 heteroatoms. The van der Waals surface area contributed by atoms with Gasteiger partial charge in [-0.25, -0.2) is 9.88 Å². The van der Waals surface area contributed by atoms with E-state index in [0.717, 1.165) is 5.56 Å². The molecule has 1 aromatic rings. The third kappa shape index (κ3) is 2.41. The van der Waals surface area contributed by atoms with E-state index < -0.39 is 0 Å². The minimum Gasteiger partial charge on any atom is -0.326 e. The number of hydrogen-bond acceptors (Lipinski definition) is 4. The number of amides is 2. The molecule has 0 radical (unpaired) electrons. The molecule has 2 N–H and O–H groups in total. The van der Waals surface area contributed by atoms with Crippen molar-refractivity contribution in [3.8, 4) is 0 Å². The van der Waals surface area contributed by atoms with Gasteiger partial charge in [-0.3, -0.25) is 9.59 Å². The molecule has 0 aliphatic carbocycles. The largest absolute Gasteiger partial charge is 0.326 e. The Hall–Kier alpha value is -1.75. The number of nitrogens with zero attached hydrogens (tertiary/aromatic N) is 2. The molecule has 0 spiro atoms. The number of carbonyl (C=O) groups is 2. The lowest BCUT2D eigenvalue weighted by atomic mass is 9.82. The zero-order valence-electron chi connectivity index (χ0n) is 10.6. The molecule has 18 heavy (non-hydrogen) atoms. The van der Waals surface area contributed by atoms with E-state index in [1.807, 2.05) is 13.8 Å². The highest BCUT2D eigenvalue weighted by Gasteiger charge is 2.38. The summed E-state index contributed by atoms with van der Waals surface area (Å²) in [7, 11) is 0. The summed E-state index contributed by atoms with van der Waals surface area (Å²) in [6, 6.07) is 3.44. The van der Waals surface area contributed by atoms with Crippen LogP contribution in [0, 0.1) is 5.41 Å². The van der Waals surface area contributed by atoms with Crippen molar-refractivity contribution in [1.82, 2.24) is 4.98 Å². The van der Waals surface area contributed by atoms with Crippen LogP contribution in [0.1, 0.15) is 32.3 Å². The number of imide groups is 1. The van der Waals surface area contributed by atoms with Gasteiger partial charge in [0.1, 0.15) is 5.82 Å². The summed E-state index contributed by atoms with van der Waals surface area (Å²) in [5, 5.41) is 0. The molecule has 96 valence electrons. The van der Waals surface area contributed by atoms with Gasteiger partial charge in [-0.1, -0.05) is 19.9 Å². The Morgan fingerprint density at radius 3 is 2.33 bits per heavy atom. The topological polar surface area (TPSA) is 76.3 Å². The number of pyridine rings is 1. The van der Waals surface area contributed by atoms with Crippen LogP contribution in [0.25, 0.3) is 0 Å². The van der Waals surface area contributed by atoms with Crippen LogP contribution in [-0.4, -0.2) is 16.8 Å². The van der Waals surface area contributed by atoms with Crippen LogP contribution < -0.4 is 10.6 Å². The van der Waals surface area contributed by atoms with Crippen LogP contribution in [0.5, 0.6) is 0 Å².